The van der Waals surface area contributed by atoms with Crippen LogP contribution in [0.25, 0.3) is 0 Å². The minimum absolute atomic E-state index is 0.529. The number of ether oxygens (including phenoxy) is 1. The molecule has 16 heavy (non-hydrogen) atoms. The van der Waals surface area contributed by atoms with Crippen molar-refractivity contribution in [3.63, 3.8) is 0 Å². The summed E-state index contributed by atoms with van der Waals surface area (Å²) >= 11 is 0. The van der Waals surface area contributed by atoms with Crippen LogP contribution >= 0.6 is 0 Å². The van der Waals surface area contributed by atoms with Crippen LogP contribution in [-0.4, -0.2) is 6.61 Å². The van der Waals surface area contributed by atoms with E-state index >= 15 is 0 Å². The van der Waals surface area contributed by atoms with Crippen LogP contribution in [0.4, 0.5) is 0 Å². The van der Waals surface area contributed by atoms with Crippen LogP contribution in [0, 0.1) is 5.92 Å². The summed E-state index contributed by atoms with van der Waals surface area (Å²) in [6.07, 6.45) is 2.38. The van der Waals surface area contributed by atoms with Gasteiger partial charge >= 0.3 is 0 Å². The van der Waals surface area contributed by atoms with Gasteiger partial charge in [0, 0.05) is 0 Å². The summed E-state index contributed by atoms with van der Waals surface area (Å²) in [6, 6.07) is 8.35. The third kappa shape index (κ3) is 4.26. The van der Waals surface area contributed by atoms with Crippen LogP contribution in [0.15, 0.2) is 24.3 Å². The van der Waals surface area contributed by atoms with Gasteiger partial charge in [-0.3, -0.25) is 0 Å². The van der Waals surface area contributed by atoms with Crippen molar-refractivity contribution in [3.05, 3.63) is 29.8 Å². The minimum atomic E-state index is 0.529. The van der Waals surface area contributed by atoms with Crippen molar-refractivity contribution in [2.75, 3.05) is 6.61 Å². The van der Waals surface area contributed by atoms with Gasteiger partial charge in [-0.15, -0.1) is 0 Å². The molecule has 1 nitrogen and oxygen atoms in total. The molecule has 1 heteroatoms. The first-order valence-corrected chi connectivity index (χ1v) is 6.33. The SMILES string of the molecule is CC(C)CCCOc1ccccc1C(C)C. The lowest BCUT2D eigenvalue weighted by atomic mass is 10.0. The summed E-state index contributed by atoms with van der Waals surface area (Å²) in [5.41, 5.74) is 1.31. The molecule has 1 rings (SSSR count). The minimum Gasteiger partial charge on any atom is -0.493 e. The Bertz CT molecular complexity index is 302. The fourth-order valence-corrected chi connectivity index (χ4v) is 1.76. The van der Waals surface area contributed by atoms with E-state index in [0.717, 1.165) is 24.7 Å². The molecule has 0 saturated heterocycles. The first kappa shape index (κ1) is 13.1. The van der Waals surface area contributed by atoms with Crippen LogP contribution in [0.3, 0.4) is 0 Å². The molecule has 0 N–H and O–H groups in total. The van der Waals surface area contributed by atoms with Gasteiger partial charge < -0.3 is 4.74 Å². The van der Waals surface area contributed by atoms with Crippen molar-refractivity contribution in [1.29, 1.82) is 0 Å². The van der Waals surface area contributed by atoms with Crippen LogP contribution < -0.4 is 4.74 Å². The molecule has 0 heterocycles. The number of rotatable bonds is 6. The zero-order valence-electron chi connectivity index (χ0n) is 11.0. The van der Waals surface area contributed by atoms with Gasteiger partial charge in [-0.05, 0) is 36.3 Å². The molecule has 0 fully saturated rings. The monoisotopic (exact) mass is 220 g/mol. The summed E-state index contributed by atoms with van der Waals surface area (Å²) in [6.45, 7) is 9.75. The van der Waals surface area contributed by atoms with E-state index in [9.17, 15) is 0 Å². The standard InChI is InChI=1S/C15H24O/c1-12(2)8-7-11-16-15-10-6-5-9-14(15)13(3)4/h5-6,9-10,12-13H,7-8,11H2,1-4H3. The van der Waals surface area contributed by atoms with E-state index in [1.807, 2.05) is 6.07 Å². The van der Waals surface area contributed by atoms with Gasteiger partial charge in [-0.1, -0.05) is 45.9 Å². The molecule has 0 aliphatic heterocycles. The van der Waals surface area contributed by atoms with E-state index in [1.54, 1.807) is 0 Å². The molecule has 0 unspecified atom stereocenters. The molecule has 90 valence electrons. The maximum absolute atomic E-state index is 5.85. The third-order valence-electron chi connectivity index (χ3n) is 2.72. The second-order valence-electron chi connectivity index (χ2n) is 5.08. The smallest absolute Gasteiger partial charge is 0.122 e. The maximum Gasteiger partial charge on any atom is 0.122 e. The zero-order chi connectivity index (χ0) is 12.0. The molecule has 0 bridgehead atoms. The maximum atomic E-state index is 5.85. The molecular weight excluding hydrogens is 196 g/mol. The summed E-state index contributed by atoms with van der Waals surface area (Å²) in [4.78, 5) is 0. The van der Waals surface area contributed by atoms with Crippen molar-refractivity contribution < 1.29 is 4.74 Å². The predicted molar refractivity (Wildman–Crippen MR) is 70.1 cm³/mol. The van der Waals surface area contributed by atoms with Crippen LogP contribution in [-0.2, 0) is 0 Å². The summed E-state index contributed by atoms with van der Waals surface area (Å²) in [5, 5.41) is 0. The molecule has 0 radical (unpaired) electrons. The highest BCUT2D eigenvalue weighted by atomic mass is 16.5. The van der Waals surface area contributed by atoms with Gasteiger partial charge in [0.25, 0.3) is 0 Å². The Labute approximate surface area is 99.8 Å². The molecule has 1 aromatic carbocycles. The first-order chi connectivity index (χ1) is 7.61. The Balaban J connectivity index is 2.47. The van der Waals surface area contributed by atoms with Crippen LogP contribution in [0.5, 0.6) is 5.75 Å². The lowest BCUT2D eigenvalue weighted by Crippen LogP contribution is -2.02. The second kappa shape index (κ2) is 6.57. The highest BCUT2D eigenvalue weighted by molar-refractivity contribution is 5.35. The Morgan fingerprint density at radius 1 is 1.06 bits per heavy atom. The lowest BCUT2D eigenvalue weighted by Gasteiger charge is -2.14. The Morgan fingerprint density at radius 2 is 1.75 bits per heavy atom. The molecular formula is C15H24O. The first-order valence-electron chi connectivity index (χ1n) is 6.33. The summed E-state index contributed by atoms with van der Waals surface area (Å²) in [7, 11) is 0. The van der Waals surface area contributed by atoms with E-state index in [-0.39, 0.29) is 0 Å². The lowest BCUT2D eigenvalue weighted by molar-refractivity contribution is 0.294. The zero-order valence-corrected chi connectivity index (χ0v) is 11.0. The second-order valence-corrected chi connectivity index (χ2v) is 5.08. The van der Waals surface area contributed by atoms with Gasteiger partial charge in [-0.2, -0.15) is 0 Å². The van der Waals surface area contributed by atoms with Crippen LogP contribution in [0.1, 0.15) is 52.0 Å². The molecule has 0 aromatic heterocycles. The average Bonchev–Trinajstić information content (AvgIpc) is 2.24. The molecule has 0 amide bonds. The van der Waals surface area contributed by atoms with E-state index in [1.165, 1.54) is 12.0 Å². The Hall–Kier alpha value is -0.980. The number of hydrogen-bond donors (Lipinski definition) is 0. The quantitative estimate of drug-likeness (QED) is 0.635. The molecule has 0 aliphatic rings. The van der Waals surface area contributed by atoms with Crippen molar-refractivity contribution >= 4 is 0 Å². The van der Waals surface area contributed by atoms with Gasteiger partial charge in [0.2, 0.25) is 0 Å². The third-order valence-corrected chi connectivity index (χ3v) is 2.72. The van der Waals surface area contributed by atoms with E-state index in [0.29, 0.717) is 5.92 Å². The average molecular weight is 220 g/mol. The Kier molecular flexibility index (Phi) is 5.37. The van der Waals surface area contributed by atoms with Gasteiger partial charge in [-0.25, -0.2) is 0 Å². The van der Waals surface area contributed by atoms with Crippen molar-refractivity contribution in [2.24, 2.45) is 5.92 Å². The van der Waals surface area contributed by atoms with Crippen molar-refractivity contribution in [1.82, 2.24) is 0 Å². The summed E-state index contributed by atoms with van der Waals surface area (Å²) in [5.74, 6) is 2.35. The fourth-order valence-electron chi connectivity index (χ4n) is 1.76. The van der Waals surface area contributed by atoms with Crippen molar-refractivity contribution in [3.8, 4) is 5.75 Å². The predicted octanol–water partition coefficient (Wildman–Crippen LogP) is 4.63. The van der Waals surface area contributed by atoms with Gasteiger partial charge in [0.1, 0.15) is 5.75 Å². The molecule has 1 aromatic rings. The Morgan fingerprint density at radius 3 is 2.38 bits per heavy atom. The van der Waals surface area contributed by atoms with E-state index in [2.05, 4.69) is 45.9 Å². The topological polar surface area (TPSA) is 9.23 Å². The van der Waals surface area contributed by atoms with Gasteiger partial charge in [0.15, 0.2) is 0 Å². The highest BCUT2D eigenvalue weighted by Crippen LogP contribution is 2.25. The summed E-state index contributed by atoms with van der Waals surface area (Å²) < 4.78 is 5.85. The normalized spacial score (nSPS) is 11.1. The largest absolute Gasteiger partial charge is 0.493 e. The van der Waals surface area contributed by atoms with Crippen LogP contribution in [0.2, 0.25) is 0 Å². The molecule has 0 spiro atoms. The van der Waals surface area contributed by atoms with Crippen molar-refractivity contribution in [2.45, 2.75) is 46.5 Å². The molecule has 0 saturated carbocycles. The van der Waals surface area contributed by atoms with E-state index in [4.69, 9.17) is 4.74 Å². The highest BCUT2D eigenvalue weighted by Gasteiger charge is 2.06. The van der Waals surface area contributed by atoms with E-state index < -0.39 is 0 Å². The number of benzene rings is 1. The fraction of sp³-hybridized carbons (Fsp3) is 0.600. The van der Waals surface area contributed by atoms with Gasteiger partial charge in [0.05, 0.1) is 6.61 Å². The number of para-hydroxylation sites is 1. The molecule has 0 atom stereocenters. The molecule has 0 aliphatic carbocycles. The number of hydrogen-bond acceptors (Lipinski definition) is 1.